The van der Waals surface area contributed by atoms with Gasteiger partial charge in [-0.05, 0) is 68.6 Å². The van der Waals surface area contributed by atoms with Crippen molar-refractivity contribution in [3.05, 3.63) is 12.2 Å². The maximum absolute atomic E-state index is 12.1. The summed E-state index contributed by atoms with van der Waals surface area (Å²) in [6, 6.07) is 0. The molecule has 2 aliphatic rings. The lowest BCUT2D eigenvalue weighted by atomic mass is 9.79. The van der Waals surface area contributed by atoms with Crippen molar-refractivity contribution in [2.24, 2.45) is 23.7 Å². The van der Waals surface area contributed by atoms with Crippen molar-refractivity contribution in [1.29, 1.82) is 0 Å². The molecule has 6 nitrogen and oxygen atoms in total. The first-order chi connectivity index (χ1) is 14.0. The molecule has 0 spiro atoms. The predicted octanol–water partition coefficient (Wildman–Crippen LogP) is 3.66. The normalized spacial score (nSPS) is 25.4. The van der Waals surface area contributed by atoms with Crippen molar-refractivity contribution in [1.82, 2.24) is 10.6 Å². The van der Waals surface area contributed by atoms with Gasteiger partial charge in [0.15, 0.2) is 0 Å². The Morgan fingerprint density at radius 3 is 2.48 bits per heavy atom. The topological polar surface area (TPSA) is 95.5 Å². The average molecular weight is 407 g/mol. The quantitative estimate of drug-likeness (QED) is 0.303. The van der Waals surface area contributed by atoms with Gasteiger partial charge in [0.25, 0.3) is 0 Å². The number of rotatable bonds is 14. The van der Waals surface area contributed by atoms with Crippen LogP contribution in [-0.2, 0) is 14.4 Å². The van der Waals surface area contributed by atoms with Gasteiger partial charge in [0.1, 0.15) is 0 Å². The fraction of sp³-hybridized carbons (Fsp3) is 0.783. The molecule has 0 aromatic carbocycles. The number of unbranched alkanes of at least 4 members (excludes halogenated alkanes) is 4. The minimum Gasteiger partial charge on any atom is -0.481 e. The summed E-state index contributed by atoms with van der Waals surface area (Å²) in [5.74, 6) is 1.52. The number of carbonyl (C=O) groups is 3. The summed E-state index contributed by atoms with van der Waals surface area (Å²) in [7, 11) is 0. The van der Waals surface area contributed by atoms with Crippen LogP contribution in [0.3, 0.4) is 0 Å². The molecule has 6 heteroatoms. The van der Waals surface area contributed by atoms with Crippen LogP contribution < -0.4 is 10.6 Å². The second kappa shape index (κ2) is 12.7. The Hall–Kier alpha value is -1.85. The lowest BCUT2D eigenvalue weighted by Gasteiger charge is -2.29. The lowest BCUT2D eigenvalue weighted by molar-refractivity contribution is -0.137. The molecule has 29 heavy (non-hydrogen) atoms. The molecule has 0 radical (unpaired) electrons. The van der Waals surface area contributed by atoms with Crippen LogP contribution in [0.15, 0.2) is 12.2 Å². The number of allylic oxidation sites excluding steroid dienone is 2. The van der Waals surface area contributed by atoms with Gasteiger partial charge in [0.05, 0.1) is 6.54 Å². The van der Waals surface area contributed by atoms with Gasteiger partial charge in [-0.25, -0.2) is 0 Å². The second-order valence-electron chi connectivity index (χ2n) is 8.68. The predicted molar refractivity (Wildman–Crippen MR) is 113 cm³/mol. The molecule has 2 amide bonds. The average Bonchev–Trinajstić information content (AvgIpc) is 3.29. The van der Waals surface area contributed by atoms with Crippen LogP contribution in [0.2, 0.25) is 0 Å². The van der Waals surface area contributed by atoms with Crippen LogP contribution in [-0.4, -0.2) is 36.0 Å². The van der Waals surface area contributed by atoms with E-state index in [4.69, 9.17) is 5.11 Å². The largest absolute Gasteiger partial charge is 0.481 e. The van der Waals surface area contributed by atoms with E-state index in [2.05, 4.69) is 29.7 Å². The molecule has 2 bridgehead atoms. The highest BCUT2D eigenvalue weighted by atomic mass is 16.4. The van der Waals surface area contributed by atoms with Gasteiger partial charge >= 0.3 is 5.97 Å². The molecule has 2 saturated carbocycles. The smallest absolute Gasteiger partial charge is 0.303 e. The third-order valence-corrected chi connectivity index (χ3v) is 6.52. The summed E-state index contributed by atoms with van der Waals surface area (Å²) in [6.07, 6.45) is 14.6. The van der Waals surface area contributed by atoms with E-state index in [9.17, 15) is 14.4 Å². The van der Waals surface area contributed by atoms with Crippen molar-refractivity contribution in [2.75, 3.05) is 13.1 Å². The van der Waals surface area contributed by atoms with E-state index in [1.807, 2.05) is 0 Å². The molecular formula is C23H38N2O4. The van der Waals surface area contributed by atoms with Crippen molar-refractivity contribution in [2.45, 2.75) is 77.6 Å². The minimum atomic E-state index is -0.727. The third kappa shape index (κ3) is 8.19. The molecule has 2 fully saturated rings. The lowest BCUT2D eigenvalue weighted by Crippen LogP contribution is -2.41. The Bertz CT molecular complexity index is 575. The van der Waals surface area contributed by atoms with Gasteiger partial charge in [0, 0.05) is 19.4 Å². The zero-order valence-electron chi connectivity index (χ0n) is 17.8. The number of aliphatic carboxylic acids is 1. The Morgan fingerprint density at radius 2 is 1.72 bits per heavy atom. The standard InChI is InChI=1S/C23H38N2O4/c1-2-3-6-10-21(26)25-16-22(27)24-15-20-18-13-12-17(14-18)19(20)9-7-4-5-8-11-23(28)29/h7,9,17-20H,2-6,8,10-16H2,1H3,(H,24,27)(H,25,26)(H,28,29)/t17-,18+,19-,20+/m1/s1. The monoisotopic (exact) mass is 406 g/mol. The Kier molecular flexibility index (Phi) is 10.2. The fourth-order valence-corrected chi connectivity index (χ4v) is 4.95. The maximum Gasteiger partial charge on any atom is 0.303 e. The molecule has 2 aliphatic carbocycles. The van der Waals surface area contributed by atoms with Crippen molar-refractivity contribution in [3.8, 4) is 0 Å². The number of hydrogen-bond donors (Lipinski definition) is 3. The van der Waals surface area contributed by atoms with E-state index in [-0.39, 0.29) is 24.8 Å². The summed E-state index contributed by atoms with van der Waals surface area (Å²) >= 11 is 0. The third-order valence-electron chi connectivity index (χ3n) is 6.52. The van der Waals surface area contributed by atoms with E-state index in [1.54, 1.807) is 0 Å². The first-order valence-electron chi connectivity index (χ1n) is 11.4. The van der Waals surface area contributed by atoms with Gasteiger partial charge in [-0.15, -0.1) is 0 Å². The molecule has 2 rings (SSSR count). The highest BCUT2D eigenvalue weighted by Crippen LogP contribution is 2.52. The van der Waals surface area contributed by atoms with Gasteiger partial charge < -0.3 is 15.7 Å². The second-order valence-corrected chi connectivity index (χ2v) is 8.68. The van der Waals surface area contributed by atoms with E-state index >= 15 is 0 Å². The zero-order valence-corrected chi connectivity index (χ0v) is 17.8. The fourth-order valence-electron chi connectivity index (χ4n) is 4.95. The summed E-state index contributed by atoms with van der Waals surface area (Å²) in [4.78, 5) is 34.4. The van der Waals surface area contributed by atoms with Crippen LogP contribution in [0.25, 0.3) is 0 Å². The summed E-state index contributed by atoms with van der Waals surface area (Å²) < 4.78 is 0. The van der Waals surface area contributed by atoms with Gasteiger partial charge in [-0.3, -0.25) is 14.4 Å². The first kappa shape index (κ1) is 23.4. The number of carboxylic acid groups (broad SMARTS) is 1. The molecule has 0 heterocycles. The minimum absolute atomic E-state index is 0.0442. The summed E-state index contributed by atoms with van der Waals surface area (Å²) in [5, 5.41) is 14.4. The molecule has 4 atom stereocenters. The Morgan fingerprint density at radius 1 is 0.966 bits per heavy atom. The number of amides is 2. The molecule has 0 aliphatic heterocycles. The number of fused-ring (bicyclic) bond motifs is 2. The number of carbonyl (C=O) groups excluding carboxylic acids is 2. The molecular weight excluding hydrogens is 368 g/mol. The van der Waals surface area contributed by atoms with Crippen LogP contribution in [0, 0.1) is 23.7 Å². The van der Waals surface area contributed by atoms with Gasteiger partial charge in [0.2, 0.25) is 11.8 Å². The SMILES string of the molecule is CCCCCC(=O)NCC(=O)NC[C@H]1[C@H]2CC[C@H](C2)[C@H]1C=CCCCCC(=O)O. The number of hydrogen-bond acceptors (Lipinski definition) is 3. The van der Waals surface area contributed by atoms with Gasteiger partial charge in [-0.1, -0.05) is 31.9 Å². The first-order valence-corrected chi connectivity index (χ1v) is 11.4. The highest BCUT2D eigenvalue weighted by molar-refractivity contribution is 5.84. The molecule has 0 unspecified atom stereocenters. The summed E-state index contributed by atoms with van der Waals surface area (Å²) in [6.45, 7) is 2.85. The Labute approximate surface area is 174 Å². The van der Waals surface area contributed by atoms with E-state index in [0.717, 1.165) is 44.4 Å². The van der Waals surface area contributed by atoms with Crippen molar-refractivity contribution >= 4 is 17.8 Å². The van der Waals surface area contributed by atoms with Crippen LogP contribution in [0.1, 0.15) is 77.6 Å². The van der Waals surface area contributed by atoms with E-state index in [1.165, 1.54) is 19.3 Å². The molecule has 0 aromatic rings. The number of nitrogens with one attached hydrogen (secondary N) is 2. The van der Waals surface area contributed by atoms with E-state index in [0.29, 0.717) is 30.7 Å². The molecule has 3 N–H and O–H groups in total. The van der Waals surface area contributed by atoms with Crippen LogP contribution in [0.4, 0.5) is 0 Å². The molecule has 0 saturated heterocycles. The van der Waals surface area contributed by atoms with Crippen molar-refractivity contribution in [3.63, 3.8) is 0 Å². The summed E-state index contributed by atoms with van der Waals surface area (Å²) in [5.41, 5.74) is 0. The van der Waals surface area contributed by atoms with Crippen LogP contribution in [0.5, 0.6) is 0 Å². The van der Waals surface area contributed by atoms with E-state index < -0.39 is 5.97 Å². The zero-order chi connectivity index (χ0) is 21.1. The van der Waals surface area contributed by atoms with Crippen LogP contribution >= 0.6 is 0 Å². The highest BCUT2D eigenvalue weighted by Gasteiger charge is 2.45. The molecule has 164 valence electrons. The molecule has 0 aromatic heterocycles. The Balaban J connectivity index is 1.68. The van der Waals surface area contributed by atoms with Gasteiger partial charge in [-0.2, -0.15) is 0 Å². The number of carboxylic acids is 1. The maximum atomic E-state index is 12.1. The van der Waals surface area contributed by atoms with Crippen molar-refractivity contribution < 1.29 is 19.5 Å².